The third-order valence-corrected chi connectivity index (χ3v) is 3.18. The van der Waals surface area contributed by atoms with Gasteiger partial charge in [-0.3, -0.25) is 20.2 Å². The van der Waals surface area contributed by atoms with Crippen LogP contribution in [0.4, 0.5) is 14.9 Å². The van der Waals surface area contributed by atoms with Gasteiger partial charge in [-0.15, -0.1) is 0 Å². The Hall–Kier alpha value is -2.71. The molecule has 0 aromatic heterocycles. The van der Waals surface area contributed by atoms with Gasteiger partial charge in [0.25, 0.3) is 5.91 Å². The molecule has 1 aromatic carbocycles. The number of halogens is 1. The minimum atomic E-state index is -2.02. The minimum Gasteiger partial charge on any atom is -0.444 e. The summed E-state index contributed by atoms with van der Waals surface area (Å²) in [7, 11) is 0. The number of para-hydroxylation sites is 1. The third-order valence-electron chi connectivity index (χ3n) is 3.18. The summed E-state index contributed by atoms with van der Waals surface area (Å²) < 4.78 is 18.9. The molecule has 8 nitrogen and oxygen atoms in total. The van der Waals surface area contributed by atoms with Gasteiger partial charge in [-0.1, -0.05) is 12.1 Å². The molecule has 0 spiro atoms. The molecule has 9 heteroatoms. The number of benzene rings is 1. The Labute approximate surface area is 131 Å². The summed E-state index contributed by atoms with van der Waals surface area (Å²) in [5.74, 6) is -1.63. The Morgan fingerprint density at radius 1 is 1.48 bits per heavy atom. The standard InChI is InChI=1S/C14H16FN3O5/c1-13(2,3)23-12(20)17-14(7-18(21)22)8-5-4-6-9(15)10(8)16-11(14)19/h4-6H,7H2,1-3H3,(H,16,19)(H,17,20)/t14-/m1/s1. The molecule has 1 aromatic rings. The van der Waals surface area contributed by atoms with Crippen molar-refractivity contribution in [2.24, 2.45) is 0 Å². The van der Waals surface area contributed by atoms with Gasteiger partial charge < -0.3 is 10.1 Å². The molecule has 1 aliphatic heterocycles. The molecule has 0 bridgehead atoms. The normalized spacial score (nSPS) is 19.7. The van der Waals surface area contributed by atoms with Gasteiger partial charge in [0, 0.05) is 10.5 Å². The van der Waals surface area contributed by atoms with Crippen molar-refractivity contribution in [3.8, 4) is 0 Å². The first-order valence-electron chi connectivity index (χ1n) is 6.78. The lowest BCUT2D eigenvalue weighted by atomic mass is 9.91. The first-order chi connectivity index (χ1) is 10.5. The number of hydrogen-bond acceptors (Lipinski definition) is 5. The van der Waals surface area contributed by atoms with E-state index in [1.807, 2.05) is 0 Å². The Bertz CT molecular complexity index is 685. The van der Waals surface area contributed by atoms with Crippen LogP contribution in [0.1, 0.15) is 26.3 Å². The fraction of sp³-hybridized carbons (Fsp3) is 0.429. The molecular weight excluding hydrogens is 309 g/mol. The van der Waals surface area contributed by atoms with Crippen molar-refractivity contribution in [1.82, 2.24) is 5.32 Å². The minimum absolute atomic E-state index is 0.00920. The van der Waals surface area contributed by atoms with Gasteiger partial charge in [-0.25, -0.2) is 9.18 Å². The first-order valence-corrected chi connectivity index (χ1v) is 6.78. The molecule has 0 radical (unpaired) electrons. The molecule has 0 saturated heterocycles. The van der Waals surface area contributed by atoms with Crippen LogP contribution < -0.4 is 10.6 Å². The molecule has 1 heterocycles. The largest absolute Gasteiger partial charge is 0.444 e. The fourth-order valence-electron chi connectivity index (χ4n) is 2.34. The van der Waals surface area contributed by atoms with Crippen molar-refractivity contribution >= 4 is 17.7 Å². The second kappa shape index (κ2) is 5.49. The quantitative estimate of drug-likeness (QED) is 0.650. The highest BCUT2D eigenvalue weighted by atomic mass is 19.1. The highest BCUT2D eigenvalue weighted by molar-refractivity contribution is 6.07. The van der Waals surface area contributed by atoms with Gasteiger partial charge in [0.05, 0.1) is 5.69 Å². The molecule has 1 atom stereocenters. The Balaban J connectivity index is 2.46. The predicted molar refractivity (Wildman–Crippen MR) is 77.9 cm³/mol. The van der Waals surface area contributed by atoms with Crippen LogP contribution in [0, 0.1) is 15.9 Å². The van der Waals surface area contributed by atoms with Gasteiger partial charge in [-0.2, -0.15) is 0 Å². The number of hydrogen-bond donors (Lipinski definition) is 2. The summed E-state index contributed by atoms with van der Waals surface area (Å²) >= 11 is 0. The van der Waals surface area contributed by atoms with Crippen LogP contribution in [0.3, 0.4) is 0 Å². The number of nitro groups is 1. The van der Waals surface area contributed by atoms with E-state index in [1.165, 1.54) is 12.1 Å². The summed E-state index contributed by atoms with van der Waals surface area (Å²) in [6.45, 7) is 3.88. The SMILES string of the molecule is CC(C)(C)OC(=O)N[C@@]1(C[N+](=O)[O-])C(=O)Nc2c(F)cccc21. The first kappa shape index (κ1) is 16.7. The van der Waals surface area contributed by atoms with Crippen molar-refractivity contribution in [1.29, 1.82) is 0 Å². The van der Waals surface area contributed by atoms with Gasteiger partial charge in [-0.05, 0) is 26.8 Å². The van der Waals surface area contributed by atoms with E-state index in [-0.39, 0.29) is 11.3 Å². The fourth-order valence-corrected chi connectivity index (χ4v) is 2.34. The van der Waals surface area contributed by atoms with E-state index in [4.69, 9.17) is 4.74 Å². The molecule has 0 aliphatic carbocycles. The Morgan fingerprint density at radius 3 is 2.70 bits per heavy atom. The number of anilines is 1. The number of carbonyl (C=O) groups excluding carboxylic acids is 2. The third kappa shape index (κ3) is 3.22. The summed E-state index contributed by atoms with van der Waals surface area (Å²) in [5.41, 5.74) is -3.08. The summed E-state index contributed by atoms with van der Waals surface area (Å²) in [5, 5.41) is 15.5. The monoisotopic (exact) mass is 325 g/mol. The second-order valence-corrected chi connectivity index (χ2v) is 6.14. The molecule has 0 saturated carbocycles. The molecule has 1 aliphatic rings. The predicted octanol–water partition coefficient (Wildman–Crippen LogP) is 1.77. The summed E-state index contributed by atoms with van der Waals surface area (Å²) in [6, 6.07) is 3.76. The van der Waals surface area contributed by atoms with Crippen LogP contribution in [0.25, 0.3) is 0 Å². The lowest BCUT2D eigenvalue weighted by molar-refractivity contribution is -0.488. The number of ether oxygens (including phenoxy) is 1. The number of fused-ring (bicyclic) bond motifs is 1. The number of nitrogens with one attached hydrogen (secondary N) is 2. The zero-order valence-corrected chi connectivity index (χ0v) is 12.8. The zero-order chi connectivity index (χ0) is 17.4. The highest BCUT2D eigenvalue weighted by Crippen LogP contribution is 2.38. The van der Waals surface area contributed by atoms with Crippen molar-refractivity contribution < 1.29 is 23.6 Å². The topological polar surface area (TPSA) is 111 Å². The summed E-state index contributed by atoms with van der Waals surface area (Å²) in [4.78, 5) is 34.6. The molecule has 0 fully saturated rings. The second-order valence-electron chi connectivity index (χ2n) is 6.14. The zero-order valence-electron chi connectivity index (χ0n) is 12.8. The van der Waals surface area contributed by atoms with Gasteiger partial charge >= 0.3 is 6.09 Å². The van der Waals surface area contributed by atoms with E-state index in [9.17, 15) is 24.1 Å². The van der Waals surface area contributed by atoms with Crippen LogP contribution in [0.2, 0.25) is 0 Å². The maximum atomic E-state index is 13.8. The van der Waals surface area contributed by atoms with E-state index < -0.39 is 40.4 Å². The number of amides is 2. The molecule has 124 valence electrons. The number of alkyl carbamates (subject to hydrolysis) is 1. The molecule has 2 amide bonds. The lowest BCUT2D eigenvalue weighted by Gasteiger charge is -2.27. The number of rotatable bonds is 3. The molecule has 23 heavy (non-hydrogen) atoms. The Kier molecular flexibility index (Phi) is 3.97. The van der Waals surface area contributed by atoms with Gasteiger partial charge in [0.15, 0.2) is 0 Å². The van der Waals surface area contributed by atoms with Crippen LogP contribution in [0.15, 0.2) is 18.2 Å². The molecular formula is C14H16FN3O5. The number of carbonyl (C=O) groups is 2. The van der Waals surface area contributed by atoms with Gasteiger partial charge in [0.2, 0.25) is 12.1 Å². The van der Waals surface area contributed by atoms with Crippen LogP contribution in [-0.2, 0) is 15.1 Å². The smallest absolute Gasteiger partial charge is 0.408 e. The maximum absolute atomic E-state index is 13.8. The lowest BCUT2D eigenvalue weighted by Crippen LogP contribution is -2.56. The van der Waals surface area contributed by atoms with E-state index in [0.717, 1.165) is 6.07 Å². The number of nitrogens with zero attached hydrogens (tertiary/aromatic N) is 1. The maximum Gasteiger partial charge on any atom is 0.408 e. The van der Waals surface area contributed by atoms with Crippen LogP contribution in [0.5, 0.6) is 0 Å². The average molecular weight is 325 g/mol. The van der Waals surface area contributed by atoms with Crippen molar-refractivity contribution in [2.45, 2.75) is 31.9 Å². The van der Waals surface area contributed by atoms with Crippen LogP contribution >= 0.6 is 0 Å². The van der Waals surface area contributed by atoms with E-state index in [1.54, 1.807) is 20.8 Å². The van der Waals surface area contributed by atoms with Gasteiger partial charge in [0.1, 0.15) is 11.4 Å². The Morgan fingerprint density at radius 2 is 2.13 bits per heavy atom. The average Bonchev–Trinajstić information content (AvgIpc) is 2.61. The van der Waals surface area contributed by atoms with E-state index in [0.29, 0.717) is 0 Å². The highest BCUT2D eigenvalue weighted by Gasteiger charge is 2.54. The summed E-state index contributed by atoms with van der Waals surface area (Å²) in [6.07, 6.45) is -1.01. The van der Waals surface area contributed by atoms with Crippen LogP contribution in [-0.4, -0.2) is 29.1 Å². The molecule has 0 unspecified atom stereocenters. The molecule has 2 rings (SSSR count). The van der Waals surface area contributed by atoms with Crippen molar-refractivity contribution in [3.63, 3.8) is 0 Å². The van der Waals surface area contributed by atoms with E-state index in [2.05, 4.69) is 10.6 Å². The molecule has 2 N–H and O–H groups in total. The van der Waals surface area contributed by atoms with Crippen molar-refractivity contribution in [2.75, 3.05) is 11.9 Å². The van der Waals surface area contributed by atoms with E-state index >= 15 is 0 Å². The van der Waals surface area contributed by atoms with Crippen molar-refractivity contribution in [3.05, 3.63) is 39.7 Å².